The molecule has 0 aromatic carbocycles. The Hall–Kier alpha value is -2.95. The number of aromatic nitrogens is 1. The van der Waals surface area contributed by atoms with Crippen LogP contribution in [-0.2, 0) is 23.7 Å². The molecule has 11 atom stereocenters. The van der Waals surface area contributed by atoms with E-state index in [4.69, 9.17) is 18.9 Å². The summed E-state index contributed by atoms with van der Waals surface area (Å²) in [5.74, 6) is -2.62. The van der Waals surface area contributed by atoms with Gasteiger partial charge in [-0.1, -0.05) is 37.2 Å². The molecule has 4 aliphatic rings. The van der Waals surface area contributed by atoms with Crippen molar-refractivity contribution in [2.75, 3.05) is 7.11 Å². The average molecular weight is 529 g/mol. The number of aliphatic hydroxyl groups is 1. The molecule has 206 valence electrons. The van der Waals surface area contributed by atoms with Crippen LogP contribution in [0.4, 0.5) is 0 Å². The molecule has 1 unspecified atom stereocenters. The summed E-state index contributed by atoms with van der Waals surface area (Å²) in [5, 5.41) is 24.5. The first kappa shape index (κ1) is 26.6. The maximum Gasteiger partial charge on any atom is 0.355 e. The summed E-state index contributed by atoms with van der Waals surface area (Å²) in [6, 6.07) is 3.37. The smallest absolute Gasteiger partial charge is 0.355 e. The lowest BCUT2D eigenvalue weighted by atomic mass is 9.57. The summed E-state index contributed by atoms with van der Waals surface area (Å²) >= 11 is 0. The van der Waals surface area contributed by atoms with Gasteiger partial charge in [0.2, 0.25) is 0 Å². The zero-order chi connectivity index (χ0) is 27.4. The van der Waals surface area contributed by atoms with Crippen LogP contribution in [0.5, 0.6) is 0 Å². The number of aromatic amines is 1. The Morgan fingerprint density at radius 2 is 2.05 bits per heavy atom. The third kappa shape index (κ3) is 4.01. The van der Waals surface area contributed by atoms with Crippen molar-refractivity contribution >= 4 is 17.7 Å². The van der Waals surface area contributed by atoms with E-state index in [0.717, 1.165) is 5.57 Å². The van der Waals surface area contributed by atoms with Gasteiger partial charge in [-0.25, -0.2) is 9.59 Å². The van der Waals surface area contributed by atoms with Gasteiger partial charge in [0.05, 0.1) is 11.8 Å². The molecule has 2 aliphatic heterocycles. The number of carbonyl (C=O) groups is 2. The standard InChI is InChI=1S/C28H36N2O8/c1-13-11-14(2)28-17(12-20(35-5)27(33)36-23(13)16(4)30-34)8-9-18-21(28)22(31)15(3)24(25(18)38-28)37-26(32)19-7-6-10-29-19/h6-11,13,15,17-18,20-25,29,31,34H,12H2,1-5H3/b14-11+,30-16-/t13-,15-,17?,18-,20+,21+,22-,23+,24-,25-,28+/m1/s1. The average Bonchev–Trinajstić information content (AvgIpc) is 3.50. The van der Waals surface area contributed by atoms with Gasteiger partial charge in [-0.05, 0) is 38.0 Å². The largest absolute Gasteiger partial charge is 0.455 e. The SMILES string of the molecule is CO[C@H]1CC2C=C[C@H]3[C@H]4O[C@]2(/C(C)=C/[C@@H](C)[C@@H](/C(C)=N\O)OC1=O)[C@@H]3[C@H](O)[C@@H](C)[C@H]4OC(=O)c1ccc[nH]1. The second-order valence-electron chi connectivity index (χ2n) is 11.0. The van der Waals surface area contributed by atoms with Crippen LogP contribution >= 0.6 is 0 Å². The summed E-state index contributed by atoms with van der Waals surface area (Å²) in [6.45, 7) is 7.32. The van der Waals surface area contributed by atoms with E-state index in [1.54, 1.807) is 25.3 Å². The number of esters is 2. The number of oxime groups is 1. The van der Waals surface area contributed by atoms with Gasteiger partial charge in [0.1, 0.15) is 29.6 Å². The minimum Gasteiger partial charge on any atom is -0.455 e. The first-order valence-corrected chi connectivity index (χ1v) is 13.1. The van der Waals surface area contributed by atoms with Gasteiger partial charge in [-0.15, -0.1) is 0 Å². The third-order valence-corrected chi connectivity index (χ3v) is 8.98. The Morgan fingerprint density at radius 1 is 1.29 bits per heavy atom. The van der Waals surface area contributed by atoms with E-state index in [2.05, 4.69) is 10.1 Å². The Kier molecular flexibility index (Phi) is 7.00. The zero-order valence-electron chi connectivity index (χ0n) is 22.2. The number of carbonyl (C=O) groups excluding carboxylic acids is 2. The first-order valence-electron chi connectivity index (χ1n) is 13.1. The Bertz CT molecular complexity index is 1160. The number of hydrogen-bond acceptors (Lipinski definition) is 9. The molecule has 0 amide bonds. The normalized spacial score (nSPS) is 44.0. The van der Waals surface area contributed by atoms with Crippen LogP contribution in [0.1, 0.15) is 44.6 Å². The first-order chi connectivity index (χ1) is 18.1. The van der Waals surface area contributed by atoms with Crippen LogP contribution in [0.25, 0.3) is 0 Å². The highest BCUT2D eigenvalue weighted by Gasteiger charge is 2.69. The number of cyclic esters (lactones) is 1. The number of rotatable bonds is 4. The number of hydrogen-bond donors (Lipinski definition) is 3. The van der Waals surface area contributed by atoms with Crippen molar-refractivity contribution in [2.24, 2.45) is 34.7 Å². The molecule has 3 N–H and O–H groups in total. The van der Waals surface area contributed by atoms with Gasteiger partial charge in [0, 0.05) is 42.9 Å². The second kappa shape index (κ2) is 9.98. The molecule has 1 spiro atoms. The number of nitrogens with one attached hydrogen (secondary N) is 1. The van der Waals surface area contributed by atoms with Crippen LogP contribution < -0.4 is 0 Å². The van der Waals surface area contributed by atoms with Crippen molar-refractivity contribution in [3.8, 4) is 0 Å². The predicted octanol–water partition coefficient (Wildman–Crippen LogP) is 2.87. The summed E-state index contributed by atoms with van der Waals surface area (Å²) < 4.78 is 24.2. The maximum atomic E-state index is 13.1. The van der Waals surface area contributed by atoms with E-state index in [9.17, 15) is 19.9 Å². The zero-order valence-corrected chi connectivity index (χ0v) is 22.2. The molecule has 4 bridgehead atoms. The van der Waals surface area contributed by atoms with E-state index in [1.165, 1.54) is 7.11 Å². The minimum atomic E-state index is -0.956. The quantitative estimate of drug-likeness (QED) is 0.178. The van der Waals surface area contributed by atoms with Gasteiger partial charge in [-0.2, -0.15) is 0 Å². The van der Waals surface area contributed by atoms with Crippen molar-refractivity contribution in [3.05, 3.63) is 47.8 Å². The Labute approximate surface area is 221 Å². The maximum absolute atomic E-state index is 13.1. The minimum absolute atomic E-state index is 0.190. The van der Waals surface area contributed by atoms with Crippen LogP contribution in [0.3, 0.4) is 0 Å². The van der Waals surface area contributed by atoms with E-state index < -0.39 is 48.1 Å². The van der Waals surface area contributed by atoms with Crippen molar-refractivity contribution in [1.82, 2.24) is 4.98 Å². The Balaban J connectivity index is 1.58. The van der Waals surface area contributed by atoms with Crippen LogP contribution in [0, 0.1) is 29.6 Å². The summed E-state index contributed by atoms with van der Waals surface area (Å²) in [6.07, 6.45) is 4.26. The molecule has 2 aliphatic carbocycles. The highest BCUT2D eigenvalue weighted by molar-refractivity contribution is 5.89. The fourth-order valence-corrected chi connectivity index (χ4v) is 7.11. The molecular formula is C28H36N2O8. The molecule has 1 aromatic heterocycles. The van der Waals surface area contributed by atoms with Crippen LogP contribution in [0.2, 0.25) is 0 Å². The van der Waals surface area contributed by atoms with E-state index in [0.29, 0.717) is 5.69 Å². The molecule has 38 heavy (non-hydrogen) atoms. The topological polar surface area (TPSA) is 140 Å². The summed E-state index contributed by atoms with van der Waals surface area (Å²) in [5.41, 5.74) is 0.515. The molecule has 10 heteroatoms. The number of methoxy groups -OCH3 is 1. The van der Waals surface area contributed by atoms with Gasteiger partial charge in [-0.3, -0.25) is 0 Å². The molecule has 2 fully saturated rings. The highest BCUT2D eigenvalue weighted by atomic mass is 16.6. The van der Waals surface area contributed by atoms with Crippen molar-refractivity contribution in [1.29, 1.82) is 0 Å². The molecule has 10 nitrogen and oxygen atoms in total. The third-order valence-electron chi connectivity index (χ3n) is 8.98. The van der Waals surface area contributed by atoms with Crippen molar-refractivity contribution in [3.63, 3.8) is 0 Å². The lowest BCUT2D eigenvalue weighted by molar-refractivity contribution is -0.162. The molecule has 1 saturated heterocycles. The lowest BCUT2D eigenvalue weighted by Crippen LogP contribution is -2.57. The van der Waals surface area contributed by atoms with Gasteiger partial charge >= 0.3 is 11.9 Å². The fraction of sp³-hybridized carbons (Fsp3) is 0.607. The van der Waals surface area contributed by atoms with E-state index in [-0.39, 0.29) is 41.7 Å². The molecule has 5 rings (SSSR count). The highest BCUT2D eigenvalue weighted by Crippen LogP contribution is 2.61. The molecule has 1 aromatic rings. The Morgan fingerprint density at radius 3 is 2.71 bits per heavy atom. The number of nitrogens with zero attached hydrogens (tertiary/aromatic N) is 1. The monoisotopic (exact) mass is 528 g/mol. The van der Waals surface area contributed by atoms with Crippen molar-refractivity contribution < 1.29 is 38.9 Å². The molecule has 1 saturated carbocycles. The predicted molar refractivity (Wildman–Crippen MR) is 135 cm³/mol. The van der Waals surface area contributed by atoms with Crippen LogP contribution in [0.15, 0.2) is 47.3 Å². The molecule has 0 radical (unpaired) electrons. The summed E-state index contributed by atoms with van der Waals surface area (Å²) in [4.78, 5) is 28.9. The lowest BCUT2D eigenvalue weighted by Gasteiger charge is -2.48. The van der Waals surface area contributed by atoms with E-state index >= 15 is 0 Å². The second-order valence-corrected chi connectivity index (χ2v) is 11.0. The number of aliphatic hydroxyl groups excluding tert-OH is 1. The summed E-state index contributed by atoms with van der Waals surface area (Å²) in [7, 11) is 1.45. The van der Waals surface area contributed by atoms with Crippen molar-refractivity contribution in [2.45, 2.75) is 70.2 Å². The molecular weight excluding hydrogens is 492 g/mol. The number of H-pyrrole nitrogens is 1. The number of ether oxygens (including phenoxy) is 4. The van der Waals surface area contributed by atoms with Gasteiger partial charge in [0.25, 0.3) is 0 Å². The van der Waals surface area contributed by atoms with Gasteiger partial charge in [0.15, 0.2) is 6.10 Å². The molecule has 3 heterocycles. The fourth-order valence-electron chi connectivity index (χ4n) is 7.11. The van der Waals surface area contributed by atoms with E-state index in [1.807, 2.05) is 39.0 Å². The van der Waals surface area contributed by atoms with Crippen LogP contribution in [-0.4, -0.2) is 76.2 Å². The van der Waals surface area contributed by atoms with Gasteiger partial charge < -0.3 is 34.2 Å².